The third-order valence-electron chi connectivity index (χ3n) is 3.87. The van der Waals surface area contributed by atoms with E-state index in [2.05, 4.69) is 0 Å². The Kier molecular flexibility index (Phi) is 4.09. The third-order valence-corrected chi connectivity index (χ3v) is 3.87. The molecular formula is C19H15F3O. The van der Waals surface area contributed by atoms with Crippen LogP contribution in [0.25, 0.3) is 21.9 Å². The Balaban J connectivity index is 2.06. The highest BCUT2D eigenvalue weighted by atomic mass is 19.4. The molecule has 0 bridgehead atoms. The Labute approximate surface area is 132 Å². The smallest absolute Gasteiger partial charge is 0.396 e. The second-order valence-corrected chi connectivity index (χ2v) is 5.41. The number of alkyl halides is 3. The van der Waals surface area contributed by atoms with E-state index in [-0.39, 0.29) is 6.61 Å². The first-order chi connectivity index (χ1) is 11.0. The van der Waals surface area contributed by atoms with E-state index < -0.39 is 11.7 Å². The summed E-state index contributed by atoms with van der Waals surface area (Å²) in [6, 6.07) is 16.8. The van der Waals surface area contributed by atoms with E-state index in [9.17, 15) is 13.2 Å². The standard InChI is InChI=1S/C19H15F3O/c20-19(21,22)16-7-5-14(6-8-16)17-3-1-2-15-12-13(10-11-23)4-9-18(15)17/h1-9,12,23H,10-11H2. The molecule has 0 heterocycles. The predicted octanol–water partition coefficient (Wildman–Crippen LogP) is 5.06. The maximum Gasteiger partial charge on any atom is 0.416 e. The molecule has 0 aromatic heterocycles. The van der Waals surface area contributed by atoms with Gasteiger partial charge in [-0.05, 0) is 46.0 Å². The van der Waals surface area contributed by atoms with Gasteiger partial charge in [0.1, 0.15) is 0 Å². The largest absolute Gasteiger partial charge is 0.416 e. The van der Waals surface area contributed by atoms with E-state index in [1.54, 1.807) is 0 Å². The van der Waals surface area contributed by atoms with E-state index >= 15 is 0 Å². The van der Waals surface area contributed by atoms with Crippen LogP contribution in [0.3, 0.4) is 0 Å². The first kappa shape index (κ1) is 15.6. The zero-order valence-corrected chi connectivity index (χ0v) is 12.3. The maximum atomic E-state index is 12.7. The molecule has 0 amide bonds. The summed E-state index contributed by atoms with van der Waals surface area (Å²) in [7, 11) is 0. The Morgan fingerprint density at radius 2 is 1.61 bits per heavy atom. The average molecular weight is 316 g/mol. The fraction of sp³-hybridized carbons (Fsp3) is 0.158. The van der Waals surface area contributed by atoms with Gasteiger partial charge in [0.15, 0.2) is 0 Å². The molecule has 0 aliphatic rings. The number of aliphatic hydroxyl groups excluding tert-OH is 1. The SMILES string of the molecule is OCCc1ccc2c(-c3ccc(C(F)(F)F)cc3)cccc2c1. The fourth-order valence-corrected chi connectivity index (χ4v) is 2.71. The van der Waals surface area contributed by atoms with Gasteiger partial charge in [-0.3, -0.25) is 0 Å². The molecule has 1 nitrogen and oxygen atoms in total. The minimum Gasteiger partial charge on any atom is -0.396 e. The molecule has 0 saturated heterocycles. The van der Waals surface area contributed by atoms with Crippen LogP contribution < -0.4 is 0 Å². The molecule has 0 aliphatic carbocycles. The maximum absolute atomic E-state index is 12.7. The predicted molar refractivity (Wildman–Crippen MR) is 85.2 cm³/mol. The zero-order chi connectivity index (χ0) is 16.4. The van der Waals surface area contributed by atoms with Crippen LogP contribution in [0.1, 0.15) is 11.1 Å². The van der Waals surface area contributed by atoms with Crippen LogP contribution in [0.5, 0.6) is 0 Å². The molecule has 0 spiro atoms. The number of benzene rings is 3. The second-order valence-electron chi connectivity index (χ2n) is 5.41. The molecular weight excluding hydrogens is 301 g/mol. The first-order valence-electron chi connectivity index (χ1n) is 7.29. The summed E-state index contributed by atoms with van der Waals surface area (Å²) in [6.07, 6.45) is -3.74. The molecule has 0 radical (unpaired) electrons. The third kappa shape index (κ3) is 3.22. The Morgan fingerprint density at radius 1 is 0.870 bits per heavy atom. The van der Waals surface area contributed by atoms with Gasteiger partial charge in [0, 0.05) is 6.61 Å². The number of fused-ring (bicyclic) bond motifs is 1. The zero-order valence-electron chi connectivity index (χ0n) is 12.3. The lowest BCUT2D eigenvalue weighted by Crippen LogP contribution is -2.04. The van der Waals surface area contributed by atoms with E-state index in [1.807, 2.05) is 36.4 Å². The van der Waals surface area contributed by atoms with Crippen molar-refractivity contribution >= 4 is 10.8 Å². The van der Waals surface area contributed by atoms with E-state index in [0.717, 1.165) is 39.6 Å². The average Bonchev–Trinajstić information content (AvgIpc) is 2.54. The molecule has 3 rings (SSSR count). The lowest BCUT2D eigenvalue weighted by atomic mass is 9.96. The molecule has 0 aliphatic heterocycles. The summed E-state index contributed by atoms with van der Waals surface area (Å²) < 4.78 is 38.0. The van der Waals surface area contributed by atoms with Crippen molar-refractivity contribution in [3.63, 3.8) is 0 Å². The van der Waals surface area contributed by atoms with Crippen LogP contribution in [-0.2, 0) is 12.6 Å². The molecule has 118 valence electrons. The molecule has 3 aromatic carbocycles. The van der Waals surface area contributed by atoms with Gasteiger partial charge in [0.25, 0.3) is 0 Å². The molecule has 0 unspecified atom stereocenters. The van der Waals surface area contributed by atoms with Gasteiger partial charge in [-0.2, -0.15) is 13.2 Å². The quantitative estimate of drug-likeness (QED) is 0.716. The number of hydrogen-bond acceptors (Lipinski definition) is 1. The number of halogens is 3. The Bertz CT molecular complexity index is 820. The minimum absolute atomic E-state index is 0.0874. The van der Waals surface area contributed by atoms with Crippen molar-refractivity contribution in [3.8, 4) is 11.1 Å². The van der Waals surface area contributed by atoms with Crippen molar-refractivity contribution in [1.29, 1.82) is 0 Å². The summed E-state index contributed by atoms with van der Waals surface area (Å²) >= 11 is 0. The highest BCUT2D eigenvalue weighted by Gasteiger charge is 2.29. The van der Waals surface area contributed by atoms with Gasteiger partial charge < -0.3 is 5.11 Å². The van der Waals surface area contributed by atoms with Gasteiger partial charge in [0.05, 0.1) is 5.56 Å². The fourth-order valence-electron chi connectivity index (χ4n) is 2.71. The summed E-state index contributed by atoms with van der Waals surface area (Å²) in [5, 5.41) is 11.0. The Morgan fingerprint density at radius 3 is 2.26 bits per heavy atom. The van der Waals surface area contributed by atoms with Crippen LogP contribution in [-0.4, -0.2) is 11.7 Å². The van der Waals surface area contributed by atoms with Crippen LogP contribution in [0, 0.1) is 0 Å². The number of aliphatic hydroxyl groups is 1. The Hall–Kier alpha value is -2.33. The lowest BCUT2D eigenvalue weighted by Gasteiger charge is -2.10. The van der Waals surface area contributed by atoms with E-state index in [1.165, 1.54) is 12.1 Å². The van der Waals surface area contributed by atoms with Gasteiger partial charge in [-0.15, -0.1) is 0 Å². The van der Waals surface area contributed by atoms with Crippen molar-refractivity contribution in [2.75, 3.05) is 6.61 Å². The van der Waals surface area contributed by atoms with E-state index in [0.29, 0.717) is 6.42 Å². The minimum atomic E-state index is -4.32. The molecule has 0 saturated carbocycles. The second kappa shape index (κ2) is 6.05. The molecule has 1 N–H and O–H groups in total. The highest BCUT2D eigenvalue weighted by molar-refractivity contribution is 5.97. The van der Waals surface area contributed by atoms with Crippen LogP contribution in [0.4, 0.5) is 13.2 Å². The molecule has 0 atom stereocenters. The molecule has 0 fully saturated rings. The van der Waals surface area contributed by atoms with Crippen molar-refractivity contribution in [3.05, 3.63) is 71.8 Å². The van der Waals surface area contributed by atoms with Crippen LogP contribution in [0.15, 0.2) is 60.7 Å². The number of rotatable bonds is 3. The lowest BCUT2D eigenvalue weighted by molar-refractivity contribution is -0.137. The number of hydrogen-bond donors (Lipinski definition) is 1. The monoisotopic (exact) mass is 316 g/mol. The highest BCUT2D eigenvalue weighted by Crippen LogP contribution is 2.33. The van der Waals surface area contributed by atoms with Gasteiger partial charge >= 0.3 is 6.18 Å². The van der Waals surface area contributed by atoms with Crippen molar-refractivity contribution in [2.24, 2.45) is 0 Å². The summed E-state index contributed by atoms with van der Waals surface area (Å²) in [5.41, 5.74) is 2.03. The normalized spacial score (nSPS) is 11.8. The topological polar surface area (TPSA) is 20.2 Å². The van der Waals surface area contributed by atoms with Crippen molar-refractivity contribution in [2.45, 2.75) is 12.6 Å². The molecule has 23 heavy (non-hydrogen) atoms. The summed E-state index contributed by atoms with van der Waals surface area (Å²) in [5.74, 6) is 0. The van der Waals surface area contributed by atoms with Crippen molar-refractivity contribution < 1.29 is 18.3 Å². The van der Waals surface area contributed by atoms with E-state index in [4.69, 9.17) is 5.11 Å². The summed E-state index contributed by atoms with van der Waals surface area (Å²) in [6.45, 7) is 0.0874. The van der Waals surface area contributed by atoms with Crippen LogP contribution >= 0.6 is 0 Å². The van der Waals surface area contributed by atoms with Crippen LogP contribution in [0.2, 0.25) is 0 Å². The molecule has 4 heteroatoms. The summed E-state index contributed by atoms with van der Waals surface area (Å²) in [4.78, 5) is 0. The first-order valence-corrected chi connectivity index (χ1v) is 7.29. The van der Waals surface area contributed by atoms with Crippen molar-refractivity contribution in [1.82, 2.24) is 0 Å². The molecule has 3 aromatic rings. The van der Waals surface area contributed by atoms with Gasteiger partial charge in [-0.1, -0.05) is 48.5 Å². The van der Waals surface area contributed by atoms with Gasteiger partial charge in [0.2, 0.25) is 0 Å². The van der Waals surface area contributed by atoms with Gasteiger partial charge in [-0.25, -0.2) is 0 Å².